The maximum Gasteiger partial charge on any atom is 0.223 e. The lowest BCUT2D eigenvalue weighted by Gasteiger charge is -2.53. The van der Waals surface area contributed by atoms with E-state index < -0.39 is 0 Å². The van der Waals surface area contributed by atoms with E-state index in [0.717, 1.165) is 71.4 Å². The molecule has 6 rings (SSSR count). The quantitative estimate of drug-likeness (QED) is 0.669. The van der Waals surface area contributed by atoms with E-state index in [4.69, 9.17) is 4.74 Å². The Morgan fingerprint density at radius 3 is 2.66 bits per heavy atom. The van der Waals surface area contributed by atoms with Gasteiger partial charge in [-0.15, -0.1) is 0 Å². The summed E-state index contributed by atoms with van der Waals surface area (Å²) in [5.41, 5.74) is 1.32. The topological polar surface area (TPSA) is 75.7 Å². The number of ether oxygens (including phenoxy) is 1. The van der Waals surface area contributed by atoms with Crippen LogP contribution in [0.15, 0.2) is 23.8 Å². The van der Waals surface area contributed by atoms with Crippen molar-refractivity contribution in [2.45, 2.75) is 51.4 Å². The normalized spacial score (nSPS) is 41.2. The van der Waals surface area contributed by atoms with E-state index >= 15 is 0 Å². The Balaban J connectivity index is 1.12. The monoisotopic (exact) mass is 480 g/mol. The minimum Gasteiger partial charge on any atom is -0.379 e. The number of hydrogen-bond acceptors (Lipinski definition) is 5. The van der Waals surface area contributed by atoms with E-state index in [1.165, 1.54) is 12.0 Å². The molecule has 3 saturated carbocycles. The van der Waals surface area contributed by atoms with Crippen molar-refractivity contribution in [2.24, 2.45) is 47.3 Å². The smallest absolute Gasteiger partial charge is 0.223 e. The third-order valence-corrected chi connectivity index (χ3v) is 10.3. The van der Waals surface area contributed by atoms with Gasteiger partial charge in [0, 0.05) is 50.4 Å². The molecule has 190 valence electrons. The van der Waals surface area contributed by atoms with Crippen LogP contribution >= 0.6 is 0 Å². The molecule has 0 aromatic rings. The fourth-order valence-corrected chi connectivity index (χ4v) is 8.61. The standard InChI is InChI=1S/C29H40N2O4/c32-21-5-8-22-19(15-21)4-6-23-24-7-3-18-1-2-20(16-25(18)28(24)27(33)17-26(22)23)29(34)30-9-10-31-11-13-35-14-12-31/h5,8,17-20,22-25,28H,1-4,6-7,9-16H2,(H,30,34). The van der Waals surface area contributed by atoms with Gasteiger partial charge >= 0.3 is 0 Å². The van der Waals surface area contributed by atoms with Crippen LogP contribution < -0.4 is 5.32 Å². The molecular formula is C29H40N2O4. The Morgan fingerprint density at radius 1 is 1.00 bits per heavy atom. The Kier molecular flexibility index (Phi) is 6.70. The van der Waals surface area contributed by atoms with Gasteiger partial charge < -0.3 is 10.1 Å². The highest BCUT2D eigenvalue weighted by Gasteiger charge is 2.52. The fourth-order valence-electron chi connectivity index (χ4n) is 8.61. The molecule has 1 heterocycles. The van der Waals surface area contributed by atoms with Gasteiger partial charge in [0.15, 0.2) is 11.6 Å². The van der Waals surface area contributed by atoms with Crippen molar-refractivity contribution in [1.82, 2.24) is 10.2 Å². The number of rotatable bonds is 4. The number of carbonyl (C=O) groups excluding carboxylic acids is 3. The number of fused-ring (bicyclic) bond motifs is 7. The molecule has 6 aliphatic rings. The van der Waals surface area contributed by atoms with E-state index in [1.54, 1.807) is 6.08 Å². The summed E-state index contributed by atoms with van der Waals surface area (Å²) in [6, 6.07) is 0. The zero-order chi connectivity index (χ0) is 23.9. The second kappa shape index (κ2) is 9.93. The molecule has 1 amide bonds. The summed E-state index contributed by atoms with van der Waals surface area (Å²) >= 11 is 0. The van der Waals surface area contributed by atoms with Gasteiger partial charge in [0.1, 0.15) is 0 Å². The van der Waals surface area contributed by atoms with Crippen LogP contribution in [0.5, 0.6) is 0 Å². The van der Waals surface area contributed by atoms with Gasteiger partial charge in [0.05, 0.1) is 13.2 Å². The molecule has 0 aromatic carbocycles. The van der Waals surface area contributed by atoms with Crippen molar-refractivity contribution >= 4 is 17.5 Å². The van der Waals surface area contributed by atoms with E-state index in [1.807, 2.05) is 6.08 Å². The molecular weight excluding hydrogens is 440 g/mol. The van der Waals surface area contributed by atoms with Gasteiger partial charge in [0.2, 0.25) is 5.91 Å². The highest BCUT2D eigenvalue weighted by molar-refractivity contribution is 5.95. The van der Waals surface area contributed by atoms with Gasteiger partial charge in [-0.25, -0.2) is 0 Å². The zero-order valence-corrected chi connectivity index (χ0v) is 20.8. The molecule has 6 nitrogen and oxygen atoms in total. The number of allylic oxidation sites excluding steroid dienone is 4. The Morgan fingerprint density at radius 2 is 1.80 bits per heavy atom. The van der Waals surface area contributed by atoms with E-state index in [9.17, 15) is 14.4 Å². The van der Waals surface area contributed by atoms with Gasteiger partial charge in [-0.1, -0.05) is 11.6 Å². The maximum absolute atomic E-state index is 13.6. The van der Waals surface area contributed by atoms with Crippen molar-refractivity contribution < 1.29 is 19.1 Å². The van der Waals surface area contributed by atoms with Crippen LogP contribution in [0.2, 0.25) is 0 Å². The van der Waals surface area contributed by atoms with Crippen LogP contribution in [-0.2, 0) is 19.1 Å². The molecule has 0 radical (unpaired) electrons. The zero-order valence-electron chi connectivity index (χ0n) is 20.8. The van der Waals surface area contributed by atoms with Crippen molar-refractivity contribution in [3.63, 3.8) is 0 Å². The number of morpholine rings is 1. The summed E-state index contributed by atoms with van der Waals surface area (Å²) < 4.78 is 5.41. The Labute approximate surface area is 208 Å². The summed E-state index contributed by atoms with van der Waals surface area (Å²) in [6.07, 6.45) is 14.0. The van der Waals surface area contributed by atoms with Crippen LogP contribution in [0.1, 0.15) is 51.4 Å². The average Bonchev–Trinajstić information content (AvgIpc) is 2.88. The number of amides is 1. The van der Waals surface area contributed by atoms with E-state index in [-0.39, 0.29) is 29.4 Å². The molecule has 8 atom stereocenters. The van der Waals surface area contributed by atoms with Crippen LogP contribution in [0.25, 0.3) is 0 Å². The molecule has 0 spiro atoms. The summed E-state index contributed by atoms with van der Waals surface area (Å²) in [5, 5.41) is 3.20. The molecule has 0 aromatic heterocycles. The minimum atomic E-state index is 0.0425. The highest BCUT2D eigenvalue weighted by atomic mass is 16.5. The lowest BCUT2D eigenvalue weighted by molar-refractivity contribution is -0.134. The molecule has 1 aliphatic heterocycles. The highest BCUT2D eigenvalue weighted by Crippen LogP contribution is 2.57. The lowest BCUT2D eigenvalue weighted by Crippen LogP contribution is -2.50. The first kappa shape index (κ1) is 23.6. The third-order valence-electron chi connectivity index (χ3n) is 10.3. The molecule has 4 fully saturated rings. The van der Waals surface area contributed by atoms with E-state index in [2.05, 4.69) is 16.3 Å². The summed E-state index contributed by atoms with van der Waals surface area (Å²) in [4.78, 5) is 41.0. The van der Waals surface area contributed by atoms with Gasteiger partial charge in [-0.3, -0.25) is 19.3 Å². The summed E-state index contributed by atoms with van der Waals surface area (Å²) in [6.45, 7) is 5.03. The average molecular weight is 481 g/mol. The van der Waals surface area contributed by atoms with Crippen LogP contribution in [0.4, 0.5) is 0 Å². The first-order valence-electron chi connectivity index (χ1n) is 14.1. The number of nitrogens with one attached hydrogen (secondary N) is 1. The maximum atomic E-state index is 13.6. The third kappa shape index (κ3) is 4.57. The molecule has 0 bridgehead atoms. The first-order valence-corrected chi connectivity index (χ1v) is 14.1. The second-order valence-corrected chi connectivity index (χ2v) is 12.0. The number of nitrogens with zero attached hydrogens (tertiary/aromatic N) is 1. The van der Waals surface area contributed by atoms with Crippen molar-refractivity contribution in [3.05, 3.63) is 23.8 Å². The molecule has 35 heavy (non-hydrogen) atoms. The first-order chi connectivity index (χ1) is 17.1. The predicted octanol–water partition coefficient (Wildman–Crippen LogP) is 3.17. The number of ketones is 2. The molecule has 8 unspecified atom stereocenters. The fraction of sp³-hybridized carbons (Fsp3) is 0.759. The number of hydrogen-bond donors (Lipinski definition) is 1. The van der Waals surface area contributed by atoms with Crippen LogP contribution in [0.3, 0.4) is 0 Å². The SMILES string of the molecule is O=C1C=CC2C3=CC(=O)C4C5CC(C(=O)NCCN6CCOCC6)CCC5CCC4C3CCC2C1. The molecule has 5 aliphatic carbocycles. The molecule has 1 saturated heterocycles. The largest absolute Gasteiger partial charge is 0.379 e. The molecule has 1 N–H and O–H groups in total. The van der Waals surface area contributed by atoms with Crippen LogP contribution in [-0.4, -0.2) is 61.8 Å². The second-order valence-electron chi connectivity index (χ2n) is 12.0. The van der Waals surface area contributed by atoms with Crippen molar-refractivity contribution in [1.29, 1.82) is 0 Å². The van der Waals surface area contributed by atoms with Gasteiger partial charge in [-0.2, -0.15) is 0 Å². The number of carbonyl (C=O) groups is 3. The van der Waals surface area contributed by atoms with Gasteiger partial charge in [-0.05, 0) is 86.7 Å². The lowest BCUT2D eigenvalue weighted by atomic mass is 9.50. The minimum absolute atomic E-state index is 0.0425. The van der Waals surface area contributed by atoms with E-state index in [0.29, 0.717) is 48.3 Å². The van der Waals surface area contributed by atoms with Gasteiger partial charge in [0.25, 0.3) is 0 Å². The van der Waals surface area contributed by atoms with Crippen molar-refractivity contribution in [3.8, 4) is 0 Å². The summed E-state index contributed by atoms with van der Waals surface area (Å²) in [7, 11) is 0. The Hall–Kier alpha value is -1.79. The van der Waals surface area contributed by atoms with Crippen molar-refractivity contribution in [2.75, 3.05) is 39.4 Å². The predicted molar refractivity (Wildman–Crippen MR) is 132 cm³/mol. The molecule has 6 heteroatoms. The van der Waals surface area contributed by atoms with Crippen LogP contribution in [0, 0.1) is 47.3 Å². The Bertz CT molecular complexity index is 920. The summed E-state index contributed by atoms with van der Waals surface area (Å²) in [5.74, 6) is 3.41.